The third kappa shape index (κ3) is 5.02. The van der Waals surface area contributed by atoms with E-state index < -0.39 is 16.1 Å². The lowest BCUT2D eigenvalue weighted by Crippen LogP contribution is -2.34. The van der Waals surface area contributed by atoms with Crippen LogP contribution in [0.4, 0.5) is 0 Å². The second-order valence-electron chi connectivity index (χ2n) is 4.95. The van der Waals surface area contributed by atoms with E-state index in [1.807, 2.05) is 6.92 Å². The first-order chi connectivity index (χ1) is 11.7. The SMILES string of the molecule is Cc1ccc(S(=O)(=O)ON(N=Cc2cc(Br)ccc2O)C(=N)N)cc1. The highest BCUT2D eigenvalue weighted by atomic mass is 79.9. The molecule has 25 heavy (non-hydrogen) atoms. The van der Waals surface area contributed by atoms with E-state index in [-0.39, 0.29) is 16.2 Å². The van der Waals surface area contributed by atoms with E-state index >= 15 is 0 Å². The summed E-state index contributed by atoms with van der Waals surface area (Å²) in [4.78, 5) is -0.107. The third-order valence-electron chi connectivity index (χ3n) is 2.98. The molecule has 0 aromatic heterocycles. The predicted octanol–water partition coefficient (Wildman–Crippen LogP) is 2.31. The summed E-state index contributed by atoms with van der Waals surface area (Å²) in [5.74, 6) is -0.835. The van der Waals surface area contributed by atoms with Crippen LogP contribution in [0, 0.1) is 12.3 Å². The smallest absolute Gasteiger partial charge is 0.319 e. The maximum atomic E-state index is 12.2. The molecule has 4 N–H and O–H groups in total. The summed E-state index contributed by atoms with van der Waals surface area (Å²) < 4.78 is 29.9. The van der Waals surface area contributed by atoms with Gasteiger partial charge in [-0.3, -0.25) is 5.41 Å². The summed E-state index contributed by atoms with van der Waals surface area (Å²) in [6.07, 6.45) is 1.12. The molecule has 132 valence electrons. The second kappa shape index (κ2) is 7.64. The van der Waals surface area contributed by atoms with Crippen molar-refractivity contribution in [3.05, 3.63) is 58.1 Å². The number of hydrazone groups is 1. The molecule has 0 unspecified atom stereocenters. The number of phenolic OH excluding ortho intramolecular Hbond substituents is 1. The molecule has 0 aliphatic rings. The summed E-state index contributed by atoms with van der Waals surface area (Å²) >= 11 is 3.24. The summed E-state index contributed by atoms with van der Waals surface area (Å²) in [6, 6.07) is 10.5. The lowest BCUT2D eigenvalue weighted by atomic mass is 10.2. The van der Waals surface area contributed by atoms with Gasteiger partial charge in [0.2, 0.25) is 5.96 Å². The quantitative estimate of drug-likeness (QED) is 0.382. The van der Waals surface area contributed by atoms with Gasteiger partial charge in [-0.2, -0.15) is 8.42 Å². The number of phenols is 1. The van der Waals surface area contributed by atoms with Crippen molar-refractivity contribution < 1.29 is 17.8 Å². The van der Waals surface area contributed by atoms with Crippen LogP contribution in [0.3, 0.4) is 0 Å². The van der Waals surface area contributed by atoms with Gasteiger partial charge in [-0.25, -0.2) is 0 Å². The molecule has 0 bridgehead atoms. The van der Waals surface area contributed by atoms with Crippen molar-refractivity contribution in [1.29, 1.82) is 5.41 Å². The van der Waals surface area contributed by atoms with Gasteiger partial charge in [0.25, 0.3) is 0 Å². The van der Waals surface area contributed by atoms with Crippen LogP contribution in [-0.2, 0) is 14.4 Å². The number of hydrogen-bond donors (Lipinski definition) is 3. The van der Waals surface area contributed by atoms with Crippen molar-refractivity contribution in [3.8, 4) is 5.75 Å². The minimum Gasteiger partial charge on any atom is -0.507 e. The zero-order valence-electron chi connectivity index (χ0n) is 13.0. The van der Waals surface area contributed by atoms with E-state index in [0.29, 0.717) is 9.64 Å². The molecule has 2 rings (SSSR count). The van der Waals surface area contributed by atoms with Gasteiger partial charge in [0.15, 0.2) is 0 Å². The number of benzene rings is 2. The maximum absolute atomic E-state index is 12.2. The van der Waals surface area contributed by atoms with E-state index in [4.69, 9.17) is 15.4 Å². The number of hydrogen-bond acceptors (Lipinski definition) is 6. The van der Waals surface area contributed by atoms with Gasteiger partial charge in [0, 0.05) is 10.0 Å². The fourth-order valence-corrected chi connectivity index (χ4v) is 2.94. The van der Waals surface area contributed by atoms with Crippen molar-refractivity contribution in [2.24, 2.45) is 10.8 Å². The molecular formula is C15H15BrN4O4S. The molecule has 0 saturated carbocycles. The Balaban J connectivity index is 2.26. The lowest BCUT2D eigenvalue weighted by Gasteiger charge is -2.15. The van der Waals surface area contributed by atoms with Crippen molar-refractivity contribution in [3.63, 3.8) is 0 Å². The summed E-state index contributed by atoms with van der Waals surface area (Å²) in [7, 11) is -4.22. The van der Waals surface area contributed by atoms with Crippen LogP contribution in [0.1, 0.15) is 11.1 Å². The highest BCUT2D eigenvalue weighted by molar-refractivity contribution is 9.10. The van der Waals surface area contributed by atoms with Gasteiger partial charge >= 0.3 is 10.1 Å². The fraction of sp³-hybridized carbons (Fsp3) is 0.0667. The van der Waals surface area contributed by atoms with Gasteiger partial charge in [-0.1, -0.05) is 38.8 Å². The topological polar surface area (TPSA) is 129 Å². The Labute approximate surface area is 153 Å². The Morgan fingerprint density at radius 2 is 1.96 bits per heavy atom. The molecule has 0 atom stereocenters. The zero-order chi connectivity index (χ0) is 18.6. The van der Waals surface area contributed by atoms with E-state index in [1.54, 1.807) is 24.3 Å². The first-order valence-electron chi connectivity index (χ1n) is 6.87. The van der Waals surface area contributed by atoms with E-state index in [9.17, 15) is 13.5 Å². The van der Waals surface area contributed by atoms with Crippen LogP contribution < -0.4 is 5.73 Å². The molecule has 0 aliphatic heterocycles. The van der Waals surface area contributed by atoms with Crippen LogP contribution in [0.25, 0.3) is 0 Å². The van der Waals surface area contributed by atoms with Crippen LogP contribution in [0.5, 0.6) is 5.75 Å². The van der Waals surface area contributed by atoms with Gasteiger partial charge in [0.05, 0.1) is 11.1 Å². The molecule has 2 aromatic carbocycles. The van der Waals surface area contributed by atoms with E-state index in [1.165, 1.54) is 18.2 Å². The molecule has 0 fully saturated rings. The summed E-state index contributed by atoms with van der Waals surface area (Å²) in [6.45, 7) is 1.81. The number of rotatable bonds is 5. The number of hydroxylamine groups is 1. The highest BCUT2D eigenvalue weighted by Gasteiger charge is 2.21. The molecule has 0 radical (unpaired) electrons. The average molecular weight is 427 g/mol. The third-order valence-corrected chi connectivity index (χ3v) is 4.66. The standard InChI is InChI=1S/C15H15BrN4O4S/c1-10-2-5-13(6-3-10)25(22,23)24-20(15(17)18)19-9-11-8-12(16)4-7-14(11)21/h2-9,21H,1H3,(H3,17,18). The molecule has 0 heterocycles. The van der Waals surface area contributed by atoms with Crippen LogP contribution in [0.15, 0.2) is 56.9 Å². The average Bonchev–Trinajstić information content (AvgIpc) is 2.54. The van der Waals surface area contributed by atoms with E-state index in [2.05, 4.69) is 21.0 Å². The number of guanidine groups is 1. The van der Waals surface area contributed by atoms with Crippen molar-refractivity contribution in [2.75, 3.05) is 0 Å². The zero-order valence-corrected chi connectivity index (χ0v) is 15.5. The van der Waals surface area contributed by atoms with Crippen molar-refractivity contribution in [2.45, 2.75) is 11.8 Å². The maximum Gasteiger partial charge on any atom is 0.319 e. The molecule has 0 spiro atoms. The minimum absolute atomic E-state index is 0.0863. The monoisotopic (exact) mass is 426 g/mol. The molecule has 0 amide bonds. The number of nitrogens with two attached hydrogens (primary N) is 1. The molecule has 2 aromatic rings. The number of nitrogens with one attached hydrogen (secondary N) is 1. The van der Waals surface area contributed by atoms with Crippen LogP contribution in [-0.4, -0.2) is 30.9 Å². The molecule has 0 aliphatic carbocycles. The Morgan fingerprint density at radius 1 is 1.32 bits per heavy atom. The van der Waals surface area contributed by atoms with Crippen LogP contribution in [0.2, 0.25) is 0 Å². The molecule has 10 heteroatoms. The molecule has 0 saturated heterocycles. The highest BCUT2D eigenvalue weighted by Crippen LogP contribution is 2.20. The van der Waals surface area contributed by atoms with Gasteiger partial charge < -0.3 is 10.8 Å². The van der Waals surface area contributed by atoms with Crippen LogP contribution >= 0.6 is 15.9 Å². The van der Waals surface area contributed by atoms with E-state index in [0.717, 1.165) is 11.8 Å². The minimum atomic E-state index is -4.22. The van der Waals surface area contributed by atoms with Gasteiger partial charge in [0.1, 0.15) is 5.75 Å². The molecule has 8 nitrogen and oxygen atoms in total. The Hall–Kier alpha value is -2.43. The van der Waals surface area contributed by atoms with Gasteiger partial charge in [-0.05, 0) is 37.3 Å². The number of nitrogens with zero attached hydrogens (tertiary/aromatic N) is 2. The lowest BCUT2D eigenvalue weighted by molar-refractivity contribution is 0.0284. The Morgan fingerprint density at radius 3 is 2.56 bits per heavy atom. The first kappa shape index (κ1) is 18.9. The van der Waals surface area contributed by atoms with Gasteiger partial charge in [-0.15, -0.1) is 9.39 Å². The summed E-state index contributed by atoms with van der Waals surface area (Å²) in [5.41, 5.74) is 6.47. The predicted molar refractivity (Wildman–Crippen MR) is 96.6 cm³/mol. The normalized spacial score (nSPS) is 11.6. The first-order valence-corrected chi connectivity index (χ1v) is 9.07. The number of halogens is 1. The summed E-state index contributed by atoms with van der Waals surface area (Å²) in [5, 5.41) is 21.2. The Kier molecular flexibility index (Phi) is 5.77. The fourth-order valence-electron chi connectivity index (χ4n) is 1.71. The molecular weight excluding hydrogens is 412 g/mol. The van der Waals surface area contributed by atoms with Crippen molar-refractivity contribution in [1.82, 2.24) is 5.17 Å². The largest absolute Gasteiger partial charge is 0.507 e. The Bertz CT molecular complexity index is 914. The second-order valence-corrected chi connectivity index (χ2v) is 7.39. The number of aryl methyl sites for hydroxylation is 1. The number of aromatic hydroxyl groups is 1. The van der Waals surface area contributed by atoms with Crippen molar-refractivity contribution >= 4 is 38.2 Å².